The van der Waals surface area contributed by atoms with Crippen LogP contribution in [0.5, 0.6) is 0 Å². The number of H-pyrrole nitrogens is 1. The molecule has 3 N–H and O–H groups in total. The molecular formula is C15H24N6O2. The zero-order valence-electron chi connectivity index (χ0n) is 13.5. The fourth-order valence-electron chi connectivity index (χ4n) is 3.41. The Kier molecular flexibility index (Phi) is 4.51. The van der Waals surface area contributed by atoms with Gasteiger partial charge in [-0.25, -0.2) is 0 Å². The molecule has 2 fully saturated rings. The average molecular weight is 320 g/mol. The van der Waals surface area contributed by atoms with E-state index in [0.29, 0.717) is 32.0 Å². The van der Waals surface area contributed by atoms with Crippen LogP contribution in [0.15, 0.2) is 10.9 Å². The summed E-state index contributed by atoms with van der Waals surface area (Å²) in [6.45, 7) is 4.59. The number of aromatic amines is 1. The molecule has 0 aliphatic carbocycles. The summed E-state index contributed by atoms with van der Waals surface area (Å²) in [5.74, 6) is 1.08. The highest BCUT2D eigenvalue weighted by Gasteiger charge is 2.30. The van der Waals surface area contributed by atoms with Crippen molar-refractivity contribution in [3.05, 3.63) is 16.4 Å². The number of hydrogen-bond donors (Lipinski definition) is 2. The molecule has 2 aliphatic rings. The lowest BCUT2D eigenvalue weighted by Crippen LogP contribution is -2.52. The number of piperidine rings is 1. The van der Waals surface area contributed by atoms with Crippen molar-refractivity contribution in [3.63, 3.8) is 0 Å². The Morgan fingerprint density at radius 1 is 1.30 bits per heavy atom. The van der Waals surface area contributed by atoms with E-state index < -0.39 is 0 Å². The van der Waals surface area contributed by atoms with Crippen molar-refractivity contribution in [3.8, 4) is 0 Å². The van der Waals surface area contributed by atoms with E-state index in [4.69, 9.17) is 5.73 Å². The molecule has 0 saturated carbocycles. The first-order valence-electron chi connectivity index (χ1n) is 8.12. The third kappa shape index (κ3) is 3.64. The van der Waals surface area contributed by atoms with Crippen LogP contribution in [0.25, 0.3) is 0 Å². The van der Waals surface area contributed by atoms with E-state index in [2.05, 4.69) is 21.9 Å². The van der Waals surface area contributed by atoms with Gasteiger partial charge in [0, 0.05) is 38.8 Å². The number of carbonyl (C=O) groups excluding carboxylic acids is 1. The van der Waals surface area contributed by atoms with E-state index >= 15 is 0 Å². The van der Waals surface area contributed by atoms with Gasteiger partial charge in [-0.1, -0.05) is 0 Å². The van der Waals surface area contributed by atoms with Gasteiger partial charge in [0.25, 0.3) is 5.56 Å². The molecule has 2 aliphatic heterocycles. The fraction of sp³-hybridized carbons (Fsp3) is 0.667. The highest BCUT2D eigenvalue weighted by Crippen LogP contribution is 2.19. The number of likely N-dealkylation sites (tertiary alicyclic amines) is 1. The van der Waals surface area contributed by atoms with Crippen LogP contribution in [-0.2, 0) is 4.79 Å². The summed E-state index contributed by atoms with van der Waals surface area (Å²) in [5.41, 5.74) is 5.34. The van der Waals surface area contributed by atoms with Gasteiger partial charge < -0.3 is 20.4 Å². The first-order chi connectivity index (χ1) is 11.0. The minimum absolute atomic E-state index is 0.119. The first kappa shape index (κ1) is 15.8. The molecule has 0 radical (unpaired) electrons. The van der Waals surface area contributed by atoms with Gasteiger partial charge in [0.2, 0.25) is 11.9 Å². The Hall–Kier alpha value is -2.09. The van der Waals surface area contributed by atoms with Gasteiger partial charge >= 0.3 is 0 Å². The van der Waals surface area contributed by atoms with Gasteiger partial charge in [-0.05, 0) is 26.4 Å². The summed E-state index contributed by atoms with van der Waals surface area (Å²) in [4.78, 5) is 36.9. The van der Waals surface area contributed by atoms with Crippen LogP contribution in [0.3, 0.4) is 0 Å². The van der Waals surface area contributed by atoms with Crippen LogP contribution >= 0.6 is 0 Å². The smallest absolute Gasteiger partial charge is 0.254 e. The second-order valence-electron chi connectivity index (χ2n) is 6.40. The Morgan fingerprint density at radius 3 is 2.70 bits per heavy atom. The van der Waals surface area contributed by atoms with E-state index in [1.54, 1.807) is 0 Å². The number of piperazine rings is 1. The lowest BCUT2D eigenvalue weighted by atomic mass is 9.96. The molecule has 1 unspecified atom stereocenters. The second-order valence-corrected chi connectivity index (χ2v) is 6.40. The largest absolute Gasteiger partial charge is 0.369 e. The van der Waals surface area contributed by atoms with Gasteiger partial charge in [-0.15, -0.1) is 0 Å². The monoisotopic (exact) mass is 320 g/mol. The van der Waals surface area contributed by atoms with Gasteiger partial charge in [-0.2, -0.15) is 4.98 Å². The molecule has 1 amide bonds. The van der Waals surface area contributed by atoms with Crippen molar-refractivity contribution in [2.45, 2.75) is 12.8 Å². The van der Waals surface area contributed by atoms with Crippen LogP contribution in [-0.4, -0.2) is 72.0 Å². The highest BCUT2D eigenvalue weighted by atomic mass is 16.2. The third-order valence-electron chi connectivity index (χ3n) is 4.64. The molecule has 1 aromatic heterocycles. The van der Waals surface area contributed by atoms with Crippen LogP contribution in [0, 0.1) is 5.92 Å². The number of anilines is 2. The maximum Gasteiger partial charge on any atom is 0.254 e. The Bertz CT molecular complexity index is 623. The number of nitrogens with one attached hydrogen (secondary N) is 1. The predicted octanol–water partition coefficient (Wildman–Crippen LogP) is -0.657. The average Bonchev–Trinajstić information content (AvgIpc) is 2.53. The van der Waals surface area contributed by atoms with Crippen LogP contribution in [0.2, 0.25) is 0 Å². The molecule has 8 nitrogen and oxygen atoms in total. The molecule has 0 spiro atoms. The van der Waals surface area contributed by atoms with E-state index in [0.717, 1.165) is 25.9 Å². The summed E-state index contributed by atoms with van der Waals surface area (Å²) in [7, 11) is 2.07. The van der Waals surface area contributed by atoms with Crippen molar-refractivity contribution < 1.29 is 4.79 Å². The quantitative estimate of drug-likeness (QED) is 0.751. The second kappa shape index (κ2) is 6.57. The number of hydrogen-bond acceptors (Lipinski definition) is 6. The summed E-state index contributed by atoms with van der Waals surface area (Å²) >= 11 is 0. The van der Waals surface area contributed by atoms with E-state index in [-0.39, 0.29) is 23.3 Å². The van der Waals surface area contributed by atoms with Gasteiger partial charge in [0.15, 0.2) is 0 Å². The lowest BCUT2D eigenvalue weighted by Gasteiger charge is -2.38. The van der Waals surface area contributed by atoms with Crippen LogP contribution in [0.4, 0.5) is 11.8 Å². The molecule has 126 valence electrons. The number of nitrogens with zero attached hydrogens (tertiary/aromatic N) is 4. The highest BCUT2D eigenvalue weighted by molar-refractivity contribution is 5.79. The van der Waals surface area contributed by atoms with Crippen molar-refractivity contribution in [2.24, 2.45) is 5.92 Å². The Balaban J connectivity index is 1.59. The number of rotatable bonds is 2. The summed E-state index contributed by atoms with van der Waals surface area (Å²) in [6, 6.07) is 1.45. The van der Waals surface area contributed by atoms with Crippen molar-refractivity contribution in [2.75, 3.05) is 56.9 Å². The van der Waals surface area contributed by atoms with Gasteiger partial charge in [0.05, 0.1) is 5.92 Å². The third-order valence-corrected chi connectivity index (χ3v) is 4.64. The van der Waals surface area contributed by atoms with Crippen molar-refractivity contribution in [1.82, 2.24) is 19.8 Å². The maximum absolute atomic E-state index is 12.6. The lowest BCUT2D eigenvalue weighted by molar-refractivity contribution is -0.137. The maximum atomic E-state index is 12.6. The molecule has 2 saturated heterocycles. The van der Waals surface area contributed by atoms with Crippen LogP contribution < -0.4 is 16.2 Å². The predicted molar refractivity (Wildman–Crippen MR) is 88.3 cm³/mol. The zero-order chi connectivity index (χ0) is 16.4. The van der Waals surface area contributed by atoms with E-state index in [1.807, 2.05) is 9.80 Å². The summed E-state index contributed by atoms with van der Waals surface area (Å²) in [6.07, 6.45) is 2.07. The van der Waals surface area contributed by atoms with Crippen molar-refractivity contribution >= 4 is 17.7 Å². The molecular weight excluding hydrogens is 296 g/mol. The number of amides is 1. The number of nitrogens with two attached hydrogens (primary N) is 1. The molecule has 1 aromatic rings. The van der Waals surface area contributed by atoms with E-state index in [1.165, 1.54) is 6.07 Å². The van der Waals surface area contributed by atoms with E-state index in [9.17, 15) is 9.59 Å². The Morgan fingerprint density at radius 2 is 2.04 bits per heavy atom. The Labute approximate surface area is 135 Å². The number of nitrogen functional groups attached to an aromatic ring is 1. The molecule has 0 aromatic carbocycles. The van der Waals surface area contributed by atoms with Crippen molar-refractivity contribution in [1.29, 1.82) is 0 Å². The van der Waals surface area contributed by atoms with Gasteiger partial charge in [0.1, 0.15) is 5.82 Å². The fourth-order valence-corrected chi connectivity index (χ4v) is 3.41. The SMILES string of the molecule is CN1CCCC(C(=O)N2CCN(c3cc(=O)[nH]c(N)n3)CC2)C1. The molecule has 3 heterocycles. The first-order valence-corrected chi connectivity index (χ1v) is 8.12. The van der Waals surface area contributed by atoms with Crippen LogP contribution in [0.1, 0.15) is 12.8 Å². The summed E-state index contributed by atoms with van der Waals surface area (Å²) < 4.78 is 0. The molecule has 8 heteroatoms. The molecule has 23 heavy (non-hydrogen) atoms. The number of carbonyl (C=O) groups is 1. The van der Waals surface area contributed by atoms with Gasteiger partial charge in [-0.3, -0.25) is 14.6 Å². The number of aromatic nitrogens is 2. The topological polar surface area (TPSA) is 98.6 Å². The minimum atomic E-state index is -0.253. The normalized spacial score (nSPS) is 23.1. The molecule has 3 rings (SSSR count). The standard InChI is InChI=1S/C15H24N6O2/c1-19-4-2-3-11(10-19)14(23)21-7-5-20(6-8-21)12-9-13(22)18-15(16)17-12/h9,11H,2-8,10H2,1H3,(H3,16,17,18,22). The summed E-state index contributed by atoms with van der Waals surface area (Å²) in [5, 5.41) is 0. The zero-order valence-corrected chi connectivity index (χ0v) is 13.5. The molecule has 0 bridgehead atoms. The molecule has 1 atom stereocenters. The minimum Gasteiger partial charge on any atom is -0.369 e.